The van der Waals surface area contributed by atoms with Crippen LogP contribution in [-0.4, -0.2) is 44.7 Å². The third-order valence-corrected chi connectivity index (χ3v) is 6.49. The summed E-state index contributed by atoms with van der Waals surface area (Å²) >= 11 is 1.73. The van der Waals surface area contributed by atoms with E-state index in [0.29, 0.717) is 6.54 Å². The smallest absolute Gasteiger partial charge is 0.157 e. The van der Waals surface area contributed by atoms with Crippen molar-refractivity contribution >= 4 is 27.4 Å². The molecule has 4 rings (SSSR count). The van der Waals surface area contributed by atoms with Gasteiger partial charge in [-0.1, -0.05) is 6.07 Å². The lowest BCUT2D eigenvalue weighted by molar-refractivity contribution is 0.323. The summed E-state index contributed by atoms with van der Waals surface area (Å²) in [5, 5.41) is 23.7. The highest BCUT2D eigenvalue weighted by Gasteiger charge is 2.18. The Hall–Kier alpha value is -2.38. The highest BCUT2D eigenvalue weighted by atomic mass is 32.1. The summed E-state index contributed by atoms with van der Waals surface area (Å²) in [5.41, 5.74) is 2.20. The molecule has 6 nitrogen and oxygen atoms in total. The van der Waals surface area contributed by atoms with Gasteiger partial charge in [-0.15, -0.1) is 11.3 Å². The second-order valence-electron chi connectivity index (χ2n) is 7.43. The molecule has 0 spiro atoms. The summed E-state index contributed by atoms with van der Waals surface area (Å²) < 4.78 is 0. The van der Waals surface area contributed by atoms with Gasteiger partial charge in [0.2, 0.25) is 0 Å². The van der Waals surface area contributed by atoms with Gasteiger partial charge in [-0.25, -0.2) is 9.97 Å². The van der Waals surface area contributed by atoms with Crippen molar-refractivity contribution < 1.29 is 10.2 Å². The molecule has 1 aromatic carbocycles. The molecule has 2 aromatic heterocycles. The van der Waals surface area contributed by atoms with Crippen molar-refractivity contribution in [3.63, 3.8) is 0 Å². The summed E-state index contributed by atoms with van der Waals surface area (Å²) in [7, 11) is 0. The van der Waals surface area contributed by atoms with Crippen molar-refractivity contribution in [1.29, 1.82) is 0 Å². The van der Waals surface area contributed by atoms with Crippen LogP contribution in [0.2, 0.25) is 0 Å². The Morgan fingerprint density at radius 2 is 1.89 bits per heavy atom. The summed E-state index contributed by atoms with van der Waals surface area (Å²) in [6.07, 6.45) is 3.23. The average molecular weight is 399 g/mol. The number of aromatic nitrogens is 2. The van der Waals surface area contributed by atoms with Gasteiger partial charge in [0, 0.05) is 11.4 Å². The van der Waals surface area contributed by atoms with Gasteiger partial charge in [-0.3, -0.25) is 4.90 Å². The number of aromatic hydroxyl groups is 2. The predicted octanol–water partition coefficient (Wildman–Crippen LogP) is 3.97. The van der Waals surface area contributed by atoms with E-state index >= 15 is 0 Å². The van der Waals surface area contributed by atoms with Crippen LogP contribution >= 0.6 is 11.3 Å². The molecule has 7 heteroatoms. The number of phenolic OH excluding ortho intramolecular Hbond substituents is 2. The molecular weight excluding hydrogens is 372 g/mol. The molecule has 1 saturated heterocycles. The molecule has 1 fully saturated rings. The zero-order valence-electron chi connectivity index (χ0n) is 16.3. The Balaban J connectivity index is 1.55. The number of likely N-dealkylation sites (tertiary alicyclic amines) is 1. The van der Waals surface area contributed by atoms with Gasteiger partial charge in [0.1, 0.15) is 16.5 Å². The van der Waals surface area contributed by atoms with Gasteiger partial charge in [0.15, 0.2) is 11.5 Å². The van der Waals surface area contributed by atoms with Crippen LogP contribution in [0.25, 0.3) is 10.2 Å². The van der Waals surface area contributed by atoms with Crippen molar-refractivity contribution in [3.05, 3.63) is 40.0 Å². The summed E-state index contributed by atoms with van der Waals surface area (Å²) in [4.78, 5) is 14.4. The first-order valence-electron chi connectivity index (χ1n) is 9.75. The van der Waals surface area contributed by atoms with Gasteiger partial charge in [-0.05, 0) is 69.5 Å². The van der Waals surface area contributed by atoms with Crippen molar-refractivity contribution in [3.8, 4) is 11.5 Å². The summed E-state index contributed by atoms with van der Waals surface area (Å²) in [6.45, 7) is 7.99. The molecule has 1 aliphatic heterocycles. The molecular formula is C21H26N4O2S. The lowest BCUT2D eigenvalue weighted by Crippen LogP contribution is -2.20. The summed E-state index contributed by atoms with van der Waals surface area (Å²) in [5.74, 6) is 1.59. The van der Waals surface area contributed by atoms with E-state index in [1.54, 1.807) is 17.4 Å². The van der Waals surface area contributed by atoms with Crippen LogP contribution in [0.5, 0.6) is 11.5 Å². The Kier molecular flexibility index (Phi) is 5.37. The molecule has 3 aromatic rings. The van der Waals surface area contributed by atoms with Gasteiger partial charge in [0.25, 0.3) is 0 Å². The van der Waals surface area contributed by atoms with E-state index < -0.39 is 0 Å². The first-order valence-corrected chi connectivity index (χ1v) is 10.6. The van der Waals surface area contributed by atoms with Crippen LogP contribution in [-0.2, 0) is 13.0 Å². The van der Waals surface area contributed by atoms with Crippen molar-refractivity contribution in [2.24, 2.45) is 0 Å². The van der Waals surface area contributed by atoms with Gasteiger partial charge in [-0.2, -0.15) is 0 Å². The minimum atomic E-state index is -0.0925. The highest BCUT2D eigenvalue weighted by molar-refractivity contribution is 7.18. The van der Waals surface area contributed by atoms with Crippen LogP contribution in [0, 0.1) is 13.8 Å². The quantitative estimate of drug-likeness (QED) is 0.545. The van der Waals surface area contributed by atoms with Crippen molar-refractivity contribution in [1.82, 2.24) is 14.9 Å². The molecule has 0 atom stereocenters. The number of nitrogens with one attached hydrogen (secondary N) is 1. The standard InChI is InChI=1S/C21H26N4O2S/c1-13-14(2)28-21-19(13)20(23-18(24-21)12-25-9-3-4-10-25)22-8-7-15-5-6-16(26)17(27)11-15/h5-6,11,26-27H,3-4,7-10,12H2,1-2H3,(H,22,23,24). The second kappa shape index (κ2) is 7.93. The maximum atomic E-state index is 9.67. The number of phenols is 2. The van der Waals surface area contributed by atoms with E-state index in [1.807, 2.05) is 6.07 Å². The van der Waals surface area contributed by atoms with E-state index in [0.717, 1.165) is 53.5 Å². The van der Waals surface area contributed by atoms with Crippen LogP contribution in [0.1, 0.15) is 34.7 Å². The van der Waals surface area contributed by atoms with Gasteiger partial charge in [0.05, 0.1) is 11.9 Å². The molecule has 0 saturated carbocycles. The van der Waals surface area contributed by atoms with Crippen LogP contribution in [0.15, 0.2) is 18.2 Å². The van der Waals surface area contributed by atoms with E-state index in [2.05, 4.69) is 24.1 Å². The molecule has 1 aliphatic rings. The van der Waals surface area contributed by atoms with Gasteiger partial charge >= 0.3 is 0 Å². The molecule has 0 aliphatic carbocycles. The maximum Gasteiger partial charge on any atom is 0.157 e. The monoisotopic (exact) mass is 398 g/mol. The van der Waals surface area contributed by atoms with Crippen LogP contribution in [0.3, 0.4) is 0 Å². The van der Waals surface area contributed by atoms with E-state index in [1.165, 1.54) is 29.3 Å². The molecule has 0 bridgehead atoms. The fourth-order valence-electron chi connectivity index (χ4n) is 3.68. The third-order valence-electron chi connectivity index (χ3n) is 5.38. The number of anilines is 1. The second-order valence-corrected chi connectivity index (χ2v) is 8.64. The largest absolute Gasteiger partial charge is 0.504 e. The molecule has 3 heterocycles. The van der Waals surface area contributed by atoms with Crippen molar-refractivity contribution in [2.75, 3.05) is 25.0 Å². The Labute approximate surface area is 168 Å². The number of hydrogen-bond donors (Lipinski definition) is 3. The maximum absolute atomic E-state index is 9.67. The SMILES string of the molecule is Cc1sc2nc(CN3CCCC3)nc(NCCc3ccc(O)c(O)c3)c2c1C. The first-order chi connectivity index (χ1) is 13.5. The molecule has 28 heavy (non-hydrogen) atoms. The molecule has 0 radical (unpaired) electrons. The topological polar surface area (TPSA) is 81.5 Å². The minimum Gasteiger partial charge on any atom is -0.504 e. The Morgan fingerprint density at radius 1 is 1.11 bits per heavy atom. The van der Waals surface area contributed by atoms with E-state index in [-0.39, 0.29) is 11.5 Å². The molecule has 148 valence electrons. The van der Waals surface area contributed by atoms with E-state index in [4.69, 9.17) is 9.97 Å². The fourth-order valence-corrected chi connectivity index (χ4v) is 4.73. The Bertz CT molecular complexity index is 996. The highest BCUT2D eigenvalue weighted by Crippen LogP contribution is 2.33. The molecule has 0 amide bonds. The number of benzene rings is 1. The lowest BCUT2D eigenvalue weighted by Gasteiger charge is -2.15. The van der Waals surface area contributed by atoms with Crippen LogP contribution in [0.4, 0.5) is 5.82 Å². The minimum absolute atomic E-state index is 0.0841. The third kappa shape index (κ3) is 3.91. The molecule has 0 unspecified atom stereocenters. The number of rotatable bonds is 6. The van der Waals surface area contributed by atoms with Gasteiger partial charge < -0.3 is 15.5 Å². The predicted molar refractivity (Wildman–Crippen MR) is 113 cm³/mol. The zero-order chi connectivity index (χ0) is 19.7. The molecule has 3 N–H and O–H groups in total. The lowest BCUT2D eigenvalue weighted by atomic mass is 10.1. The normalized spacial score (nSPS) is 14.8. The van der Waals surface area contributed by atoms with Crippen molar-refractivity contribution in [2.45, 2.75) is 39.7 Å². The zero-order valence-corrected chi connectivity index (χ0v) is 17.1. The average Bonchev–Trinajstić information content (AvgIpc) is 3.26. The summed E-state index contributed by atoms with van der Waals surface area (Å²) in [6, 6.07) is 4.95. The number of fused-ring (bicyclic) bond motifs is 1. The number of hydrogen-bond acceptors (Lipinski definition) is 7. The van der Waals surface area contributed by atoms with E-state index in [9.17, 15) is 10.2 Å². The number of aryl methyl sites for hydroxylation is 2. The number of nitrogens with zero attached hydrogens (tertiary/aromatic N) is 3. The first kappa shape index (κ1) is 19.0. The fraction of sp³-hybridized carbons (Fsp3) is 0.429. The van der Waals surface area contributed by atoms with Crippen LogP contribution < -0.4 is 5.32 Å². The Morgan fingerprint density at radius 3 is 2.64 bits per heavy atom. The number of thiophene rings is 1.